The van der Waals surface area contributed by atoms with Gasteiger partial charge in [0, 0.05) is 25.7 Å². The second-order valence-electron chi connectivity index (χ2n) is 7.08. The van der Waals surface area contributed by atoms with Crippen LogP contribution in [0.3, 0.4) is 0 Å². The zero-order valence-electron chi connectivity index (χ0n) is 14.1. The van der Waals surface area contributed by atoms with Gasteiger partial charge in [-0.25, -0.2) is 0 Å². The topological polar surface area (TPSA) is 15.3 Å². The Kier molecular flexibility index (Phi) is 6.25. The fourth-order valence-electron chi connectivity index (χ4n) is 3.74. The van der Waals surface area contributed by atoms with Crippen LogP contribution in [0.5, 0.6) is 0 Å². The van der Waals surface area contributed by atoms with Crippen LogP contribution in [0.2, 0.25) is 0 Å². The molecule has 0 aromatic heterocycles. The molecule has 0 unspecified atom stereocenters. The van der Waals surface area contributed by atoms with Crippen LogP contribution in [0, 0.1) is 5.41 Å². The molecule has 0 atom stereocenters. The second kappa shape index (κ2) is 7.95. The van der Waals surface area contributed by atoms with E-state index in [-0.39, 0.29) is 0 Å². The summed E-state index contributed by atoms with van der Waals surface area (Å²) in [6.45, 7) is 8.12. The van der Waals surface area contributed by atoms with E-state index in [9.17, 15) is 0 Å². The maximum Gasteiger partial charge on any atom is 0.0236 e. The van der Waals surface area contributed by atoms with Crippen molar-refractivity contribution in [2.75, 3.05) is 20.1 Å². The van der Waals surface area contributed by atoms with Crippen molar-refractivity contribution in [1.82, 2.24) is 10.2 Å². The Bertz CT molecular complexity index is 388. The summed E-state index contributed by atoms with van der Waals surface area (Å²) in [4.78, 5) is 2.66. The summed E-state index contributed by atoms with van der Waals surface area (Å²) < 4.78 is 0. The number of benzene rings is 1. The summed E-state index contributed by atoms with van der Waals surface area (Å²) in [7, 11) is 2.10. The molecule has 2 rings (SSSR count). The van der Waals surface area contributed by atoms with Crippen molar-refractivity contribution >= 4 is 0 Å². The minimum atomic E-state index is 0.478. The molecule has 1 saturated carbocycles. The molecule has 1 fully saturated rings. The average Bonchev–Trinajstić information content (AvgIpc) is 2.49. The zero-order chi connectivity index (χ0) is 15.1. The molecule has 1 aromatic carbocycles. The van der Waals surface area contributed by atoms with Gasteiger partial charge < -0.3 is 5.32 Å². The standard InChI is InChI=1S/C19H32N2/c1-17(2)21(14-18-10-6-4-7-11-18)16-19(15-20-3)12-8-5-9-13-19/h4,6-7,10-11,17,20H,5,8-9,12-16H2,1-3H3. The Morgan fingerprint density at radius 1 is 1.10 bits per heavy atom. The Morgan fingerprint density at radius 2 is 1.76 bits per heavy atom. The van der Waals surface area contributed by atoms with Gasteiger partial charge in [0.2, 0.25) is 0 Å². The first-order chi connectivity index (χ1) is 10.2. The van der Waals surface area contributed by atoms with Crippen molar-refractivity contribution in [2.24, 2.45) is 5.41 Å². The number of nitrogens with zero attached hydrogens (tertiary/aromatic N) is 1. The van der Waals surface area contributed by atoms with Gasteiger partial charge in [-0.05, 0) is 44.7 Å². The van der Waals surface area contributed by atoms with Crippen LogP contribution in [0.1, 0.15) is 51.5 Å². The Hall–Kier alpha value is -0.860. The number of rotatable bonds is 7. The van der Waals surface area contributed by atoms with Gasteiger partial charge in [0.25, 0.3) is 0 Å². The van der Waals surface area contributed by atoms with Crippen LogP contribution in [-0.2, 0) is 6.54 Å². The Labute approximate surface area is 130 Å². The largest absolute Gasteiger partial charge is 0.319 e. The van der Waals surface area contributed by atoms with E-state index in [0.717, 1.165) is 13.1 Å². The quantitative estimate of drug-likeness (QED) is 0.813. The third kappa shape index (κ3) is 4.82. The van der Waals surface area contributed by atoms with Crippen LogP contribution in [0.25, 0.3) is 0 Å². The van der Waals surface area contributed by atoms with E-state index < -0.39 is 0 Å². The van der Waals surface area contributed by atoms with E-state index in [0.29, 0.717) is 11.5 Å². The fraction of sp³-hybridized carbons (Fsp3) is 0.684. The van der Waals surface area contributed by atoms with E-state index in [1.54, 1.807) is 0 Å². The van der Waals surface area contributed by atoms with Gasteiger partial charge in [-0.15, -0.1) is 0 Å². The molecule has 1 aliphatic carbocycles. The van der Waals surface area contributed by atoms with Gasteiger partial charge in [0.05, 0.1) is 0 Å². The maximum absolute atomic E-state index is 3.46. The van der Waals surface area contributed by atoms with Gasteiger partial charge >= 0.3 is 0 Å². The lowest BCUT2D eigenvalue weighted by atomic mass is 9.73. The fourth-order valence-corrected chi connectivity index (χ4v) is 3.74. The minimum Gasteiger partial charge on any atom is -0.319 e. The highest BCUT2D eigenvalue weighted by molar-refractivity contribution is 5.14. The van der Waals surface area contributed by atoms with Crippen molar-refractivity contribution in [3.63, 3.8) is 0 Å². The molecule has 1 aromatic rings. The summed E-state index contributed by atoms with van der Waals surface area (Å²) >= 11 is 0. The molecule has 0 amide bonds. The predicted molar refractivity (Wildman–Crippen MR) is 91.4 cm³/mol. The third-order valence-electron chi connectivity index (χ3n) is 4.96. The lowest BCUT2D eigenvalue weighted by Gasteiger charge is -2.42. The highest BCUT2D eigenvalue weighted by Crippen LogP contribution is 2.37. The highest BCUT2D eigenvalue weighted by atomic mass is 15.2. The molecule has 2 heteroatoms. The van der Waals surface area contributed by atoms with Crippen molar-refractivity contribution in [1.29, 1.82) is 0 Å². The molecule has 0 bridgehead atoms. The lowest BCUT2D eigenvalue weighted by molar-refractivity contribution is 0.0799. The van der Waals surface area contributed by atoms with Crippen LogP contribution < -0.4 is 5.32 Å². The summed E-state index contributed by atoms with van der Waals surface area (Å²) in [6, 6.07) is 11.5. The molecule has 0 heterocycles. The van der Waals surface area contributed by atoms with E-state index in [1.165, 1.54) is 44.2 Å². The first-order valence-electron chi connectivity index (χ1n) is 8.58. The van der Waals surface area contributed by atoms with Gasteiger partial charge in [-0.2, -0.15) is 0 Å². The molecule has 0 spiro atoms. The molecule has 1 aliphatic rings. The molecule has 1 N–H and O–H groups in total. The summed E-state index contributed by atoms with van der Waals surface area (Å²) in [5.41, 5.74) is 1.91. The number of nitrogens with one attached hydrogen (secondary N) is 1. The van der Waals surface area contributed by atoms with Crippen LogP contribution >= 0.6 is 0 Å². The van der Waals surface area contributed by atoms with E-state index in [4.69, 9.17) is 0 Å². The summed E-state index contributed by atoms with van der Waals surface area (Å²) in [5.74, 6) is 0. The van der Waals surface area contributed by atoms with Crippen molar-refractivity contribution in [3.8, 4) is 0 Å². The maximum atomic E-state index is 3.46. The van der Waals surface area contributed by atoms with E-state index in [1.807, 2.05) is 0 Å². The van der Waals surface area contributed by atoms with Crippen LogP contribution in [0.4, 0.5) is 0 Å². The van der Waals surface area contributed by atoms with Crippen molar-refractivity contribution in [2.45, 2.75) is 58.5 Å². The molecular weight excluding hydrogens is 256 g/mol. The zero-order valence-corrected chi connectivity index (χ0v) is 14.1. The number of hydrogen-bond donors (Lipinski definition) is 1. The molecule has 0 saturated heterocycles. The Balaban J connectivity index is 2.06. The predicted octanol–water partition coefficient (Wildman–Crippen LogP) is 4.07. The second-order valence-corrected chi connectivity index (χ2v) is 7.08. The monoisotopic (exact) mass is 288 g/mol. The SMILES string of the molecule is CNCC1(CN(Cc2ccccc2)C(C)C)CCCCC1. The molecule has 21 heavy (non-hydrogen) atoms. The lowest BCUT2D eigenvalue weighted by Crippen LogP contribution is -2.46. The number of hydrogen-bond acceptors (Lipinski definition) is 2. The average molecular weight is 288 g/mol. The van der Waals surface area contributed by atoms with Gasteiger partial charge in [-0.1, -0.05) is 49.6 Å². The molecule has 118 valence electrons. The van der Waals surface area contributed by atoms with Crippen LogP contribution in [-0.4, -0.2) is 31.1 Å². The molecule has 0 radical (unpaired) electrons. The van der Waals surface area contributed by atoms with Crippen LogP contribution in [0.15, 0.2) is 30.3 Å². The van der Waals surface area contributed by atoms with Crippen molar-refractivity contribution in [3.05, 3.63) is 35.9 Å². The van der Waals surface area contributed by atoms with E-state index >= 15 is 0 Å². The summed E-state index contributed by atoms with van der Waals surface area (Å²) in [5, 5.41) is 3.46. The highest BCUT2D eigenvalue weighted by Gasteiger charge is 2.33. The molecule has 2 nitrogen and oxygen atoms in total. The van der Waals surface area contributed by atoms with Gasteiger partial charge in [0.1, 0.15) is 0 Å². The van der Waals surface area contributed by atoms with Gasteiger partial charge in [-0.3, -0.25) is 4.90 Å². The molecule has 0 aliphatic heterocycles. The minimum absolute atomic E-state index is 0.478. The van der Waals surface area contributed by atoms with Crippen molar-refractivity contribution < 1.29 is 0 Å². The molecular formula is C19H32N2. The first-order valence-corrected chi connectivity index (χ1v) is 8.58. The van der Waals surface area contributed by atoms with E-state index in [2.05, 4.69) is 61.4 Å². The Morgan fingerprint density at radius 3 is 2.33 bits per heavy atom. The normalized spacial score (nSPS) is 18.3. The summed E-state index contributed by atoms with van der Waals surface area (Å²) in [6.07, 6.45) is 6.99. The third-order valence-corrected chi connectivity index (χ3v) is 4.96. The first kappa shape index (κ1) is 16.5. The van der Waals surface area contributed by atoms with Gasteiger partial charge in [0.15, 0.2) is 0 Å². The smallest absolute Gasteiger partial charge is 0.0236 e.